The smallest absolute Gasteiger partial charge is 0.193 e. The summed E-state index contributed by atoms with van der Waals surface area (Å²) in [6.07, 6.45) is 5.15. The van der Waals surface area contributed by atoms with Crippen molar-refractivity contribution in [1.82, 2.24) is 0 Å². The zero-order valence-electron chi connectivity index (χ0n) is 9.94. The van der Waals surface area contributed by atoms with E-state index >= 15 is 0 Å². The fourth-order valence-electron chi connectivity index (χ4n) is 1.85. The molecular weight excluding hydrogens is 212 g/mol. The van der Waals surface area contributed by atoms with Gasteiger partial charge in [-0.15, -0.1) is 11.6 Å². The maximum absolute atomic E-state index is 5.88. The molecule has 86 valence electrons. The molecule has 0 aliphatic heterocycles. The Morgan fingerprint density at radius 3 is 1.79 bits per heavy atom. The van der Waals surface area contributed by atoms with E-state index in [1.165, 1.54) is 37.8 Å². The first kappa shape index (κ1) is 14.5. The molecule has 0 aromatic rings. The van der Waals surface area contributed by atoms with Crippen molar-refractivity contribution in [1.29, 1.82) is 0 Å². The summed E-state index contributed by atoms with van der Waals surface area (Å²) < 4.78 is 5.84. The maximum atomic E-state index is 5.88. The Kier molecular flexibility index (Phi) is 9.04. The van der Waals surface area contributed by atoms with Crippen LogP contribution in [0.25, 0.3) is 0 Å². The maximum Gasteiger partial charge on any atom is 0.193 e. The minimum absolute atomic E-state index is 0.771. The van der Waals surface area contributed by atoms with Crippen LogP contribution in [0.2, 0.25) is 18.1 Å². The lowest BCUT2D eigenvalue weighted by Crippen LogP contribution is -2.37. The highest BCUT2D eigenvalue weighted by atomic mass is 35.5. The van der Waals surface area contributed by atoms with Crippen molar-refractivity contribution in [3.63, 3.8) is 0 Å². The average Bonchev–Trinajstić information content (AvgIpc) is 2.22. The van der Waals surface area contributed by atoms with Crippen molar-refractivity contribution >= 4 is 19.9 Å². The highest BCUT2D eigenvalue weighted by Gasteiger charge is 2.31. The van der Waals surface area contributed by atoms with Crippen molar-refractivity contribution in [2.45, 2.75) is 57.7 Å². The third kappa shape index (κ3) is 5.37. The molecule has 0 aromatic heterocycles. The van der Waals surface area contributed by atoms with Gasteiger partial charge in [0.2, 0.25) is 0 Å². The Hall–Kier alpha value is 0.467. The molecule has 0 aromatic carbocycles. The molecule has 3 heteroatoms. The summed E-state index contributed by atoms with van der Waals surface area (Å²) >= 11 is 5.88. The second-order valence-electron chi connectivity index (χ2n) is 4.03. The molecule has 0 rings (SSSR count). The molecule has 0 spiro atoms. The molecule has 0 aliphatic carbocycles. The van der Waals surface area contributed by atoms with Crippen LogP contribution in [0, 0.1) is 0 Å². The summed E-state index contributed by atoms with van der Waals surface area (Å²) in [7, 11) is 0.450. The van der Waals surface area contributed by atoms with Crippen LogP contribution < -0.4 is 0 Å². The van der Waals surface area contributed by atoms with Gasteiger partial charge in [-0.1, -0.05) is 39.5 Å². The average molecular weight is 237 g/mol. The molecule has 0 saturated heterocycles. The normalized spacial score (nSPS) is 12.0. The minimum atomic E-state index is -1.44. The number of halogens is 1. The molecule has 0 saturated carbocycles. The highest BCUT2D eigenvalue weighted by molar-refractivity contribution is 6.74. The summed E-state index contributed by atoms with van der Waals surface area (Å²) in [5, 5.41) is 0. The van der Waals surface area contributed by atoms with Crippen LogP contribution in [-0.2, 0) is 4.43 Å². The largest absolute Gasteiger partial charge is 0.420 e. The van der Waals surface area contributed by atoms with Gasteiger partial charge in [0.25, 0.3) is 0 Å². The van der Waals surface area contributed by atoms with E-state index in [1.54, 1.807) is 0 Å². The summed E-state index contributed by atoms with van der Waals surface area (Å²) in [5.41, 5.74) is 0. The van der Waals surface area contributed by atoms with Crippen molar-refractivity contribution in [2.75, 3.05) is 13.0 Å². The number of rotatable bonds is 9. The molecule has 0 radical (unpaired) electrons. The quantitative estimate of drug-likeness (QED) is 0.426. The summed E-state index contributed by atoms with van der Waals surface area (Å²) in [6, 6.07) is 3.73. The van der Waals surface area contributed by atoms with Gasteiger partial charge < -0.3 is 4.43 Å². The molecule has 0 atom stereocenters. The fourth-order valence-corrected chi connectivity index (χ4v) is 6.59. The number of hydrogen-bond acceptors (Lipinski definition) is 1. The van der Waals surface area contributed by atoms with Gasteiger partial charge in [-0.2, -0.15) is 0 Å². The first-order chi connectivity index (χ1) is 6.74. The highest BCUT2D eigenvalue weighted by Crippen LogP contribution is 2.27. The third-order valence-corrected chi connectivity index (χ3v) is 8.02. The van der Waals surface area contributed by atoms with Gasteiger partial charge in [-0.3, -0.25) is 0 Å². The number of unbranched alkanes of at least 4 members (excludes halogenated alkanes) is 2. The van der Waals surface area contributed by atoms with E-state index in [-0.39, 0.29) is 0 Å². The molecule has 0 unspecified atom stereocenters. The molecular formula is C11H25ClOSi. The Bertz CT molecular complexity index is 122. The first-order valence-corrected chi connectivity index (χ1v) is 8.92. The molecule has 0 N–H and O–H groups in total. The molecule has 0 fully saturated rings. The van der Waals surface area contributed by atoms with Gasteiger partial charge in [0.15, 0.2) is 8.32 Å². The molecule has 0 amide bonds. The van der Waals surface area contributed by atoms with Crippen LogP contribution in [0.4, 0.5) is 0 Å². The van der Waals surface area contributed by atoms with E-state index in [9.17, 15) is 0 Å². The second kappa shape index (κ2) is 8.75. The van der Waals surface area contributed by atoms with Gasteiger partial charge in [0.1, 0.15) is 0 Å². The predicted octanol–water partition coefficient (Wildman–Crippen LogP) is 4.42. The number of alkyl halides is 1. The van der Waals surface area contributed by atoms with Crippen molar-refractivity contribution < 1.29 is 4.43 Å². The molecule has 0 heterocycles. The lowest BCUT2D eigenvalue weighted by Gasteiger charge is -2.29. The van der Waals surface area contributed by atoms with E-state index in [0.717, 1.165) is 11.9 Å². The van der Waals surface area contributed by atoms with Crippen LogP contribution in [0.15, 0.2) is 0 Å². The zero-order chi connectivity index (χ0) is 10.9. The lowest BCUT2D eigenvalue weighted by atomic mass is 10.4. The second-order valence-corrected chi connectivity index (χ2v) is 8.69. The first-order valence-electron chi connectivity index (χ1n) is 5.85. The van der Waals surface area contributed by atoms with Crippen LogP contribution >= 0.6 is 11.6 Å². The van der Waals surface area contributed by atoms with E-state index < -0.39 is 8.32 Å². The van der Waals surface area contributed by atoms with Crippen LogP contribution in [-0.4, -0.2) is 21.3 Å². The van der Waals surface area contributed by atoms with Crippen LogP contribution in [0.1, 0.15) is 39.5 Å². The van der Waals surface area contributed by atoms with Crippen molar-refractivity contribution in [3.8, 4) is 0 Å². The summed E-state index contributed by atoms with van der Waals surface area (Å²) in [6.45, 7) is 4.49. The van der Waals surface area contributed by atoms with Crippen LogP contribution in [0.5, 0.6) is 0 Å². The predicted molar refractivity (Wildman–Crippen MR) is 67.7 cm³/mol. The summed E-state index contributed by atoms with van der Waals surface area (Å²) in [4.78, 5) is 0. The third-order valence-electron chi connectivity index (χ3n) is 2.96. The standard InChI is InChI=1S/C11H25ClOSi/c1-4-6-9-14(13-3,11-8-12)10-7-5-2/h4-11H2,1-3H3. The molecule has 14 heavy (non-hydrogen) atoms. The monoisotopic (exact) mass is 236 g/mol. The summed E-state index contributed by atoms with van der Waals surface area (Å²) in [5.74, 6) is 0.771. The number of hydrogen-bond donors (Lipinski definition) is 0. The SMILES string of the molecule is CCCC[Si](CCCl)(CCCC)OC. The van der Waals surface area contributed by atoms with E-state index in [0.29, 0.717) is 0 Å². The Morgan fingerprint density at radius 2 is 1.50 bits per heavy atom. The van der Waals surface area contributed by atoms with Gasteiger partial charge in [-0.25, -0.2) is 0 Å². The topological polar surface area (TPSA) is 9.23 Å². The zero-order valence-corrected chi connectivity index (χ0v) is 11.7. The Labute approximate surface area is 95.3 Å². The van der Waals surface area contributed by atoms with Crippen molar-refractivity contribution in [2.24, 2.45) is 0 Å². The van der Waals surface area contributed by atoms with E-state index in [2.05, 4.69) is 13.8 Å². The van der Waals surface area contributed by atoms with Gasteiger partial charge >= 0.3 is 0 Å². The van der Waals surface area contributed by atoms with Crippen LogP contribution in [0.3, 0.4) is 0 Å². The van der Waals surface area contributed by atoms with Gasteiger partial charge in [0, 0.05) is 13.0 Å². The van der Waals surface area contributed by atoms with E-state index in [1.807, 2.05) is 7.11 Å². The van der Waals surface area contributed by atoms with Gasteiger partial charge in [-0.05, 0) is 18.1 Å². The Morgan fingerprint density at radius 1 is 1.00 bits per heavy atom. The minimum Gasteiger partial charge on any atom is -0.420 e. The van der Waals surface area contributed by atoms with E-state index in [4.69, 9.17) is 16.0 Å². The lowest BCUT2D eigenvalue weighted by molar-refractivity contribution is 0.386. The molecule has 0 bridgehead atoms. The molecule has 0 aliphatic rings. The van der Waals surface area contributed by atoms with Gasteiger partial charge in [0.05, 0.1) is 0 Å². The Balaban J connectivity index is 4.11. The fraction of sp³-hybridized carbons (Fsp3) is 1.00. The molecule has 1 nitrogen and oxygen atoms in total. The van der Waals surface area contributed by atoms with Crippen molar-refractivity contribution in [3.05, 3.63) is 0 Å².